The molecule has 0 unspecified atom stereocenters. The largest absolute Gasteiger partial charge is 4.00 e. The van der Waals surface area contributed by atoms with Crippen molar-refractivity contribution in [3.63, 3.8) is 0 Å². The summed E-state index contributed by atoms with van der Waals surface area (Å²) in [6.07, 6.45) is 26.3. The van der Waals surface area contributed by atoms with Gasteiger partial charge in [-0.15, -0.1) is 0 Å². The van der Waals surface area contributed by atoms with Crippen LogP contribution in [0.1, 0.15) is 203 Å². The van der Waals surface area contributed by atoms with Gasteiger partial charge in [0.2, 0.25) is 0 Å². The van der Waals surface area contributed by atoms with Crippen LogP contribution in [0, 0.1) is 0 Å². The number of thiocarbonyl (C=S) groups is 4. The van der Waals surface area contributed by atoms with E-state index in [1.54, 1.807) is 0 Å². The topological polar surface area (TPSA) is 0 Å². The predicted octanol–water partition coefficient (Wildman–Crippen LogP) is 25.2. The van der Waals surface area contributed by atoms with E-state index in [-0.39, 0.29) is 36.6 Å². The first kappa shape index (κ1) is 90.3. The van der Waals surface area contributed by atoms with E-state index in [0.717, 1.165) is 200 Å². The zero-order valence-electron chi connectivity index (χ0n) is 60.5. The van der Waals surface area contributed by atoms with Gasteiger partial charge in [-0.2, -0.15) is 0 Å². The van der Waals surface area contributed by atoms with Crippen molar-refractivity contribution in [2.75, 3.05) is 0 Å². The third kappa shape index (κ3) is 24.5. The average molecular weight is 1650 g/mol. The van der Waals surface area contributed by atoms with Crippen LogP contribution in [0.3, 0.4) is 0 Å². The Bertz CT molecular complexity index is 3140. The Labute approximate surface area is 690 Å². The standard InChI is InChI=1S/4C21H27NS3.Mo/c4*1-3-5-11-17-13-7-9-15-19(17)22(25,21(23)24)20-16-10-8-14-18(20)12-6-4-2;/h4*7-10,13-16H,3-6,11-12H2,1-2H3,(H,23,24);/q;;;;+4/p-4. The van der Waals surface area contributed by atoms with Gasteiger partial charge in [0.1, 0.15) is 45.5 Å². The summed E-state index contributed by atoms with van der Waals surface area (Å²) in [5.74, 6) is 0. The molecule has 8 aromatic carbocycles. The van der Waals surface area contributed by atoms with E-state index in [9.17, 15) is 0 Å². The molecule has 0 aliphatic rings. The van der Waals surface area contributed by atoms with E-state index in [1.807, 2.05) is 48.5 Å². The van der Waals surface area contributed by atoms with Crippen molar-refractivity contribution in [3.8, 4) is 0 Å². The Morgan fingerprint density at radius 3 is 0.406 bits per heavy atom. The molecular formula is C84H104MoN4S12. The molecule has 0 heterocycles. The van der Waals surface area contributed by atoms with Gasteiger partial charge in [-0.05, 0) is 151 Å². The Morgan fingerprint density at radius 2 is 0.317 bits per heavy atom. The SMILES string of the molecule is CCCCc1ccccc1[N+]([S-])(C(=S)[S-])c1ccccc1CCCC.CCCCc1ccccc1[N+]([S-])(C(=S)[S-])c1ccccc1CCCC.CCCCc1ccccc1[N+]([S-])(C(=S)[S-])c1ccccc1CCCC.CCCCc1ccccc1[N+]([S-])(C(=S)[S-])c1ccccc1CCCC.[Mo+4]. The summed E-state index contributed by atoms with van der Waals surface area (Å²) in [4.78, 5) is 0. The predicted molar refractivity (Wildman–Crippen MR) is 476 cm³/mol. The monoisotopic (exact) mass is 1650 g/mol. The summed E-state index contributed by atoms with van der Waals surface area (Å²) in [6.45, 7) is 17.6. The van der Waals surface area contributed by atoms with E-state index >= 15 is 0 Å². The summed E-state index contributed by atoms with van der Waals surface area (Å²) >= 11 is 68.7. The summed E-state index contributed by atoms with van der Waals surface area (Å²) < 4.78 is 1.64. The van der Waals surface area contributed by atoms with E-state index in [2.05, 4.69) is 201 Å². The number of para-hydroxylation sites is 8. The number of unbranched alkanes of at least 4 members (excludes halogenated alkanes) is 8. The van der Waals surface area contributed by atoms with Gasteiger partial charge in [-0.1, -0.05) is 252 Å². The minimum atomic E-state index is 0. The van der Waals surface area contributed by atoms with Crippen molar-refractivity contribution in [1.82, 2.24) is 15.6 Å². The molecule has 0 radical (unpaired) electrons. The van der Waals surface area contributed by atoms with E-state index in [1.165, 1.54) is 44.5 Å². The fourth-order valence-corrected chi connectivity index (χ4v) is 15.5. The molecule has 8 aromatic rings. The van der Waals surface area contributed by atoms with Crippen LogP contribution < -0.4 is 15.6 Å². The molecule has 0 saturated carbocycles. The molecule has 0 spiro atoms. The van der Waals surface area contributed by atoms with E-state index < -0.39 is 0 Å². The molecule has 538 valence electrons. The second-order valence-electron chi connectivity index (χ2n) is 25.4. The van der Waals surface area contributed by atoms with E-state index in [0.29, 0.717) is 17.3 Å². The third-order valence-electron chi connectivity index (χ3n) is 18.1. The number of rotatable bonds is 32. The zero-order chi connectivity index (χ0) is 73.1. The summed E-state index contributed by atoms with van der Waals surface area (Å²) in [5.41, 5.74) is 18.3. The molecule has 4 nitrogen and oxygen atoms in total. The van der Waals surface area contributed by atoms with Crippen LogP contribution in [0.5, 0.6) is 0 Å². The molecule has 0 fully saturated rings. The first-order chi connectivity index (χ1) is 48.2. The van der Waals surface area contributed by atoms with Crippen LogP contribution in [0.15, 0.2) is 194 Å². The van der Waals surface area contributed by atoms with Crippen LogP contribution in [0.25, 0.3) is 0 Å². The van der Waals surface area contributed by atoms with Gasteiger partial charge < -0.3 is 166 Å². The number of hydrogen-bond acceptors (Lipinski definition) is 12. The first-order valence-corrected chi connectivity index (χ1v) is 40.9. The van der Waals surface area contributed by atoms with Crippen LogP contribution in [-0.2, 0) is 174 Å². The normalized spacial score (nSPS) is 11.4. The Morgan fingerprint density at radius 1 is 0.218 bits per heavy atom. The molecule has 0 aliphatic carbocycles. The average Bonchev–Trinajstić information content (AvgIpc) is 0.786. The van der Waals surface area contributed by atoms with Gasteiger partial charge in [-0.3, -0.25) is 0 Å². The van der Waals surface area contributed by atoms with Crippen LogP contribution in [0.4, 0.5) is 45.5 Å². The van der Waals surface area contributed by atoms with Gasteiger partial charge in [0.25, 0.3) is 0 Å². The maximum atomic E-state index is 6.13. The van der Waals surface area contributed by atoms with E-state index in [4.69, 9.17) is 151 Å². The van der Waals surface area contributed by atoms with Gasteiger partial charge in [-0.25, -0.2) is 0 Å². The molecule has 0 aliphatic heterocycles. The molecule has 17 heteroatoms. The van der Waals surface area contributed by atoms with Gasteiger partial charge in [0, 0.05) is 61.8 Å². The second-order valence-corrected chi connectivity index (χ2v) is 31.7. The minimum absolute atomic E-state index is 0. The molecule has 0 saturated heterocycles. The minimum Gasteiger partial charge on any atom is -0.477 e. The molecule has 0 amide bonds. The fraction of sp³-hybridized carbons (Fsp3) is 0.381. The molecular weight excluding hydrogens is 1550 g/mol. The third-order valence-corrected chi connectivity index (χ3v) is 23.5. The van der Waals surface area contributed by atoms with Crippen molar-refractivity contribution < 1.29 is 21.1 Å². The van der Waals surface area contributed by atoms with Crippen molar-refractivity contribution in [3.05, 3.63) is 239 Å². The molecule has 0 bridgehead atoms. The smallest absolute Gasteiger partial charge is 0.477 e. The molecule has 0 N–H and O–H groups in total. The zero-order valence-corrected chi connectivity index (χ0v) is 72.3. The molecule has 8 rings (SSSR count). The Hall–Kier alpha value is -3.07. The number of nitrogens with zero attached hydrogens (tertiary/aromatic N) is 4. The number of aryl methyl sites for hydroxylation is 8. The van der Waals surface area contributed by atoms with Crippen molar-refractivity contribution >= 4 is 213 Å². The van der Waals surface area contributed by atoms with Crippen LogP contribution in [0.2, 0.25) is 0 Å². The van der Waals surface area contributed by atoms with Crippen LogP contribution >= 0.6 is 48.9 Å². The second kappa shape index (κ2) is 47.6. The van der Waals surface area contributed by atoms with Crippen LogP contribution in [-0.4, -0.2) is 17.3 Å². The molecule has 0 aromatic heterocycles. The van der Waals surface area contributed by atoms with Crippen molar-refractivity contribution in [1.29, 1.82) is 0 Å². The maximum absolute atomic E-state index is 6.13. The molecule has 0 atom stereocenters. The Kier molecular flexibility index (Phi) is 42.5. The van der Waals surface area contributed by atoms with Crippen molar-refractivity contribution in [2.24, 2.45) is 0 Å². The number of benzene rings is 8. The van der Waals surface area contributed by atoms with Gasteiger partial charge in [0.05, 0.1) is 0 Å². The first-order valence-electron chi connectivity index (χ1n) is 36.2. The number of hydrogen-bond donors (Lipinski definition) is 0. The number of quaternary nitrogens is 4. The van der Waals surface area contributed by atoms with Crippen molar-refractivity contribution in [2.45, 2.75) is 209 Å². The summed E-state index contributed by atoms with van der Waals surface area (Å²) in [5, 5.41) is 0. The summed E-state index contributed by atoms with van der Waals surface area (Å²) in [7, 11) is 0. The molecule has 101 heavy (non-hydrogen) atoms. The summed E-state index contributed by atoms with van der Waals surface area (Å²) in [6, 6.07) is 66.9. The quantitative estimate of drug-likeness (QED) is 0.0171. The Balaban J connectivity index is 0.000000285. The van der Waals surface area contributed by atoms with Gasteiger partial charge in [0.15, 0.2) is 0 Å². The fourth-order valence-electron chi connectivity index (χ4n) is 12.5. The maximum Gasteiger partial charge on any atom is 4.00 e. The van der Waals surface area contributed by atoms with Gasteiger partial charge >= 0.3 is 21.1 Å².